The highest BCUT2D eigenvalue weighted by atomic mass is 79.9. The summed E-state index contributed by atoms with van der Waals surface area (Å²) in [5.41, 5.74) is 9.07. The third-order valence-electron chi connectivity index (χ3n) is 2.81. The van der Waals surface area contributed by atoms with Gasteiger partial charge in [0.25, 0.3) is 0 Å². The molecule has 3 heteroatoms. The molecule has 0 saturated heterocycles. The van der Waals surface area contributed by atoms with Gasteiger partial charge in [0.15, 0.2) is 0 Å². The van der Waals surface area contributed by atoms with Gasteiger partial charge in [0.1, 0.15) is 0 Å². The average molecular weight is 305 g/mol. The molecule has 0 aromatic heterocycles. The summed E-state index contributed by atoms with van der Waals surface area (Å²) < 4.78 is 1.13. The fraction of sp³-hybridized carbons (Fsp3) is 0.200. The minimum atomic E-state index is 0.814. The number of anilines is 1. The van der Waals surface area contributed by atoms with Gasteiger partial charge in [-0.15, -0.1) is 0 Å². The van der Waals surface area contributed by atoms with E-state index in [9.17, 15) is 0 Å². The third-order valence-corrected chi connectivity index (χ3v) is 3.34. The van der Waals surface area contributed by atoms with Crippen LogP contribution in [0.1, 0.15) is 11.1 Å². The Bertz CT molecular complexity index is 429. The number of nitrogens with one attached hydrogen (secondary N) is 1. The number of hydrogen-bond donors (Lipinski definition) is 2. The van der Waals surface area contributed by atoms with Gasteiger partial charge >= 0.3 is 0 Å². The van der Waals surface area contributed by atoms with Gasteiger partial charge in [-0.2, -0.15) is 0 Å². The van der Waals surface area contributed by atoms with Gasteiger partial charge in [0.05, 0.1) is 0 Å². The van der Waals surface area contributed by atoms with Crippen LogP contribution in [0.4, 0.5) is 5.69 Å². The molecule has 2 aromatic rings. The first-order valence-corrected chi connectivity index (χ1v) is 6.83. The van der Waals surface area contributed by atoms with Gasteiger partial charge < -0.3 is 11.1 Å². The summed E-state index contributed by atoms with van der Waals surface area (Å²) in [6, 6.07) is 16.4. The Kier molecular flexibility index (Phi) is 4.79. The van der Waals surface area contributed by atoms with Crippen LogP contribution in [0.2, 0.25) is 0 Å². The predicted molar refractivity (Wildman–Crippen MR) is 80.4 cm³/mol. The van der Waals surface area contributed by atoms with E-state index in [-0.39, 0.29) is 0 Å². The zero-order valence-electron chi connectivity index (χ0n) is 10.2. The molecular weight excluding hydrogens is 288 g/mol. The van der Waals surface area contributed by atoms with Crippen molar-refractivity contribution in [2.24, 2.45) is 0 Å². The Hall–Kier alpha value is -1.32. The second kappa shape index (κ2) is 6.57. The Morgan fingerprint density at radius 1 is 0.889 bits per heavy atom. The molecule has 2 nitrogen and oxygen atoms in total. The Labute approximate surface area is 116 Å². The first kappa shape index (κ1) is 13.1. The molecule has 0 aliphatic heterocycles. The minimum absolute atomic E-state index is 0.814. The van der Waals surface area contributed by atoms with Gasteiger partial charge in [-0.3, -0.25) is 0 Å². The molecular formula is C15H17BrN2. The molecule has 0 aliphatic rings. The van der Waals surface area contributed by atoms with Crippen LogP contribution >= 0.6 is 15.9 Å². The van der Waals surface area contributed by atoms with Crippen LogP contribution in [0.5, 0.6) is 0 Å². The largest absolute Gasteiger partial charge is 0.399 e. The van der Waals surface area contributed by atoms with Crippen LogP contribution in [0, 0.1) is 0 Å². The van der Waals surface area contributed by atoms with E-state index >= 15 is 0 Å². The molecule has 0 spiro atoms. The SMILES string of the molecule is Nc1ccc(CNCCc2ccc(Br)cc2)cc1. The summed E-state index contributed by atoms with van der Waals surface area (Å²) >= 11 is 3.44. The molecule has 0 atom stereocenters. The van der Waals surface area contributed by atoms with Gasteiger partial charge in [0.2, 0.25) is 0 Å². The standard InChI is InChI=1S/C15H17BrN2/c16-14-5-1-12(2-6-14)9-10-18-11-13-3-7-15(17)8-4-13/h1-8,18H,9-11,17H2. The number of halogens is 1. The summed E-state index contributed by atoms with van der Waals surface area (Å²) in [7, 11) is 0. The fourth-order valence-electron chi connectivity index (χ4n) is 1.75. The Morgan fingerprint density at radius 2 is 1.50 bits per heavy atom. The van der Waals surface area contributed by atoms with E-state index in [1.54, 1.807) is 0 Å². The van der Waals surface area contributed by atoms with Crippen molar-refractivity contribution >= 4 is 21.6 Å². The van der Waals surface area contributed by atoms with Crippen LogP contribution in [-0.4, -0.2) is 6.54 Å². The fourth-order valence-corrected chi connectivity index (χ4v) is 2.02. The predicted octanol–water partition coefficient (Wildman–Crippen LogP) is 3.36. The summed E-state index contributed by atoms with van der Waals surface area (Å²) in [5.74, 6) is 0. The van der Waals surface area contributed by atoms with Gasteiger partial charge in [0, 0.05) is 16.7 Å². The summed E-state index contributed by atoms with van der Waals surface area (Å²) in [4.78, 5) is 0. The topological polar surface area (TPSA) is 38.0 Å². The third kappa shape index (κ3) is 4.17. The van der Waals surface area contributed by atoms with Crippen LogP contribution in [0.25, 0.3) is 0 Å². The number of rotatable bonds is 5. The molecule has 18 heavy (non-hydrogen) atoms. The normalized spacial score (nSPS) is 10.5. The van der Waals surface area contributed by atoms with Crippen LogP contribution in [0.15, 0.2) is 53.0 Å². The van der Waals surface area contributed by atoms with E-state index in [1.165, 1.54) is 11.1 Å². The van der Waals surface area contributed by atoms with Crippen molar-refractivity contribution in [2.75, 3.05) is 12.3 Å². The number of benzene rings is 2. The van der Waals surface area contributed by atoms with Crippen molar-refractivity contribution in [2.45, 2.75) is 13.0 Å². The second-order valence-electron chi connectivity index (χ2n) is 4.29. The monoisotopic (exact) mass is 304 g/mol. The van der Waals surface area contributed by atoms with E-state index in [0.29, 0.717) is 0 Å². The molecule has 0 bridgehead atoms. The maximum absolute atomic E-state index is 5.65. The molecule has 0 amide bonds. The van der Waals surface area contributed by atoms with E-state index < -0.39 is 0 Å². The highest BCUT2D eigenvalue weighted by Gasteiger charge is 1.95. The molecule has 0 heterocycles. The minimum Gasteiger partial charge on any atom is -0.399 e. The van der Waals surface area contributed by atoms with E-state index in [2.05, 4.69) is 57.6 Å². The summed E-state index contributed by atoms with van der Waals surface area (Å²) in [6.07, 6.45) is 1.04. The second-order valence-corrected chi connectivity index (χ2v) is 5.21. The lowest BCUT2D eigenvalue weighted by molar-refractivity contribution is 0.687. The van der Waals surface area contributed by atoms with E-state index in [0.717, 1.165) is 29.7 Å². The first-order valence-electron chi connectivity index (χ1n) is 6.03. The maximum Gasteiger partial charge on any atom is 0.0314 e. The molecule has 0 radical (unpaired) electrons. The van der Waals surface area contributed by atoms with Gasteiger partial charge in [-0.05, 0) is 48.4 Å². The average Bonchev–Trinajstić information content (AvgIpc) is 2.39. The van der Waals surface area contributed by atoms with Crippen molar-refractivity contribution in [1.29, 1.82) is 0 Å². The van der Waals surface area contributed by atoms with Gasteiger partial charge in [-0.25, -0.2) is 0 Å². The molecule has 0 aliphatic carbocycles. The van der Waals surface area contributed by atoms with E-state index in [4.69, 9.17) is 5.73 Å². The lowest BCUT2D eigenvalue weighted by atomic mass is 10.1. The lowest BCUT2D eigenvalue weighted by Crippen LogP contribution is -2.16. The molecule has 3 N–H and O–H groups in total. The molecule has 2 rings (SSSR count). The molecule has 0 unspecified atom stereocenters. The number of nitrogens with two attached hydrogens (primary N) is 1. The number of nitrogen functional groups attached to an aromatic ring is 1. The zero-order chi connectivity index (χ0) is 12.8. The summed E-state index contributed by atoms with van der Waals surface area (Å²) in [5, 5.41) is 3.43. The van der Waals surface area contributed by atoms with Crippen molar-refractivity contribution in [3.05, 3.63) is 64.1 Å². The highest BCUT2D eigenvalue weighted by Crippen LogP contribution is 2.10. The van der Waals surface area contributed by atoms with Crippen molar-refractivity contribution in [3.63, 3.8) is 0 Å². The summed E-state index contributed by atoms with van der Waals surface area (Å²) in [6.45, 7) is 1.86. The number of hydrogen-bond acceptors (Lipinski definition) is 2. The quantitative estimate of drug-likeness (QED) is 0.656. The van der Waals surface area contributed by atoms with Crippen LogP contribution < -0.4 is 11.1 Å². The van der Waals surface area contributed by atoms with Crippen molar-refractivity contribution < 1.29 is 0 Å². The highest BCUT2D eigenvalue weighted by molar-refractivity contribution is 9.10. The Balaban J connectivity index is 1.73. The molecule has 0 fully saturated rings. The van der Waals surface area contributed by atoms with Crippen LogP contribution in [-0.2, 0) is 13.0 Å². The molecule has 94 valence electrons. The lowest BCUT2D eigenvalue weighted by Gasteiger charge is -2.05. The van der Waals surface area contributed by atoms with Gasteiger partial charge in [-0.1, -0.05) is 40.2 Å². The van der Waals surface area contributed by atoms with E-state index in [1.807, 2.05) is 12.1 Å². The van der Waals surface area contributed by atoms with Crippen molar-refractivity contribution in [1.82, 2.24) is 5.32 Å². The zero-order valence-corrected chi connectivity index (χ0v) is 11.8. The maximum atomic E-state index is 5.65. The smallest absolute Gasteiger partial charge is 0.0314 e. The van der Waals surface area contributed by atoms with Crippen LogP contribution in [0.3, 0.4) is 0 Å². The molecule has 2 aromatic carbocycles. The van der Waals surface area contributed by atoms with Crippen molar-refractivity contribution in [3.8, 4) is 0 Å². The first-order chi connectivity index (χ1) is 8.74. The Morgan fingerprint density at radius 3 is 2.17 bits per heavy atom. The molecule has 0 saturated carbocycles.